The van der Waals surface area contributed by atoms with E-state index in [1.165, 1.54) is 5.56 Å². The number of halogens is 3. The van der Waals surface area contributed by atoms with Crippen molar-refractivity contribution in [1.82, 2.24) is 4.90 Å². The number of likely N-dealkylation sites (tertiary alicyclic amines) is 1. The van der Waals surface area contributed by atoms with Crippen molar-refractivity contribution in [3.05, 3.63) is 53.6 Å². The maximum Gasteiger partial charge on any atom is 0.390 e. The summed E-state index contributed by atoms with van der Waals surface area (Å²) >= 11 is 0. The third-order valence-electron chi connectivity index (χ3n) is 7.23. The number of sulfone groups is 1. The van der Waals surface area contributed by atoms with E-state index in [2.05, 4.69) is 31.7 Å². The molecular formula is C27H34F3NO3S. The van der Waals surface area contributed by atoms with Gasteiger partial charge in [0.25, 0.3) is 0 Å². The van der Waals surface area contributed by atoms with Crippen molar-refractivity contribution < 1.29 is 26.3 Å². The Bertz CT molecular complexity index is 1140. The smallest absolute Gasteiger partial charge is 0.390 e. The van der Waals surface area contributed by atoms with Crippen LogP contribution in [0.25, 0.3) is 11.1 Å². The van der Waals surface area contributed by atoms with Gasteiger partial charge in [-0.1, -0.05) is 30.3 Å². The number of rotatable bonds is 5. The van der Waals surface area contributed by atoms with Crippen LogP contribution in [0.15, 0.2) is 42.5 Å². The van der Waals surface area contributed by atoms with E-state index in [9.17, 15) is 21.6 Å². The van der Waals surface area contributed by atoms with Crippen molar-refractivity contribution in [3.8, 4) is 16.9 Å². The van der Waals surface area contributed by atoms with Gasteiger partial charge in [-0.2, -0.15) is 13.2 Å². The van der Waals surface area contributed by atoms with Gasteiger partial charge in [0.1, 0.15) is 11.4 Å². The van der Waals surface area contributed by atoms with E-state index in [-0.39, 0.29) is 11.1 Å². The van der Waals surface area contributed by atoms with Crippen LogP contribution in [-0.2, 0) is 22.0 Å². The molecule has 2 aromatic carbocycles. The van der Waals surface area contributed by atoms with Gasteiger partial charge in [-0.05, 0) is 80.8 Å². The highest BCUT2D eigenvalue weighted by molar-refractivity contribution is 7.90. The van der Waals surface area contributed by atoms with Gasteiger partial charge in [0.05, 0.1) is 17.9 Å². The molecule has 1 saturated heterocycles. The van der Waals surface area contributed by atoms with Crippen LogP contribution in [0.4, 0.5) is 13.2 Å². The molecule has 0 amide bonds. The van der Waals surface area contributed by atoms with Crippen LogP contribution in [0.3, 0.4) is 0 Å². The molecule has 0 N–H and O–H groups in total. The Hall–Kier alpha value is -2.06. The molecule has 2 aliphatic rings. The summed E-state index contributed by atoms with van der Waals surface area (Å²) in [6.45, 7) is 8.83. The van der Waals surface area contributed by atoms with E-state index >= 15 is 0 Å². The SMILES string of the molecule is CC(C)(C)N1CCC2(CCc3cc(-c4ccc(CS(=O)(=O)CCC(F)(F)F)cc4)ccc3O2)CC1. The second kappa shape index (κ2) is 9.43. The van der Waals surface area contributed by atoms with Crippen LogP contribution in [0.1, 0.15) is 57.6 Å². The summed E-state index contributed by atoms with van der Waals surface area (Å²) in [6.07, 6.45) is -1.79. The Morgan fingerprint density at radius 1 is 0.943 bits per heavy atom. The summed E-state index contributed by atoms with van der Waals surface area (Å²) < 4.78 is 67.8. The molecule has 8 heteroatoms. The van der Waals surface area contributed by atoms with Crippen LogP contribution in [0.5, 0.6) is 5.75 Å². The zero-order chi connectivity index (χ0) is 25.5. The Kier molecular flexibility index (Phi) is 7.01. The fourth-order valence-electron chi connectivity index (χ4n) is 5.03. The van der Waals surface area contributed by atoms with E-state index in [4.69, 9.17) is 4.74 Å². The fraction of sp³-hybridized carbons (Fsp3) is 0.556. The summed E-state index contributed by atoms with van der Waals surface area (Å²) in [5.74, 6) is -0.342. The molecule has 192 valence electrons. The van der Waals surface area contributed by atoms with Gasteiger partial charge in [-0.25, -0.2) is 8.42 Å². The van der Waals surface area contributed by atoms with E-state index in [1.54, 1.807) is 12.1 Å². The minimum atomic E-state index is -4.48. The quantitative estimate of drug-likeness (QED) is 0.483. The first-order valence-electron chi connectivity index (χ1n) is 12.2. The molecule has 4 nitrogen and oxygen atoms in total. The van der Waals surface area contributed by atoms with Gasteiger partial charge in [-0.15, -0.1) is 0 Å². The highest BCUT2D eigenvalue weighted by Gasteiger charge is 2.41. The van der Waals surface area contributed by atoms with Gasteiger partial charge in [-0.3, -0.25) is 4.90 Å². The average molecular weight is 510 g/mol. The topological polar surface area (TPSA) is 46.6 Å². The number of piperidine rings is 1. The van der Waals surface area contributed by atoms with Crippen molar-refractivity contribution in [1.29, 1.82) is 0 Å². The Labute approximate surface area is 206 Å². The number of hydrogen-bond donors (Lipinski definition) is 0. The second-order valence-electron chi connectivity index (χ2n) is 10.9. The molecule has 2 aliphatic heterocycles. The number of fused-ring (bicyclic) bond motifs is 1. The van der Waals surface area contributed by atoms with Crippen molar-refractivity contribution in [2.75, 3.05) is 18.8 Å². The largest absolute Gasteiger partial charge is 0.487 e. The fourth-order valence-corrected chi connectivity index (χ4v) is 6.42. The number of benzene rings is 2. The molecule has 0 atom stereocenters. The summed E-state index contributed by atoms with van der Waals surface area (Å²) in [6, 6.07) is 13.2. The van der Waals surface area contributed by atoms with Crippen molar-refractivity contribution >= 4 is 9.84 Å². The van der Waals surface area contributed by atoms with Gasteiger partial charge in [0.2, 0.25) is 0 Å². The molecule has 0 bridgehead atoms. The highest BCUT2D eigenvalue weighted by atomic mass is 32.2. The normalized spacial score (nSPS) is 18.8. The Morgan fingerprint density at radius 2 is 1.57 bits per heavy atom. The van der Waals surface area contributed by atoms with Crippen LogP contribution in [-0.4, -0.2) is 49.5 Å². The molecule has 2 aromatic rings. The van der Waals surface area contributed by atoms with E-state index < -0.39 is 33.9 Å². The maximum absolute atomic E-state index is 12.4. The first-order chi connectivity index (χ1) is 16.2. The van der Waals surface area contributed by atoms with E-state index in [0.29, 0.717) is 5.56 Å². The number of ether oxygens (including phenoxy) is 1. The monoisotopic (exact) mass is 509 g/mol. The third kappa shape index (κ3) is 6.58. The molecular weight excluding hydrogens is 475 g/mol. The molecule has 0 radical (unpaired) electrons. The molecule has 2 heterocycles. The lowest BCUT2D eigenvalue weighted by atomic mass is 9.81. The first kappa shape index (κ1) is 26.0. The van der Waals surface area contributed by atoms with E-state index in [0.717, 1.165) is 55.6 Å². The highest BCUT2D eigenvalue weighted by Crippen LogP contribution is 2.41. The summed E-state index contributed by atoms with van der Waals surface area (Å²) in [7, 11) is -3.82. The van der Waals surface area contributed by atoms with Crippen molar-refractivity contribution in [2.45, 2.75) is 75.9 Å². The molecule has 0 aromatic heterocycles. The zero-order valence-corrected chi connectivity index (χ0v) is 21.4. The lowest BCUT2D eigenvalue weighted by Crippen LogP contribution is -2.54. The number of aryl methyl sites for hydroxylation is 1. The number of alkyl halides is 3. The summed E-state index contributed by atoms with van der Waals surface area (Å²) in [4.78, 5) is 2.52. The molecule has 0 unspecified atom stereocenters. The molecule has 0 aliphatic carbocycles. The molecule has 1 spiro atoms. The van der Waals surface area contributed by atoms with Gasteiger partial charge >= 0.3 is 6.18 Å². The zero-order valence-electron chi connectivity index (χ0n) is 20.6. The first-order valence-corrected chi connectivity index (χ1v) is 14.0. The summed E-state index contributed by atoms with van der Waals surface area (Å²) in [5.41, 5.74) is 3.69. The van der Waals surface area contributed by atoms with Crippen LogP contribution >= 0.6 is 0 Å². The Balaban J connectivity index is 1.41. The molecule has 4 rings (SSSR count). The molecule has 0 saturated carbocycles. The van der Waals surface area contributed by atoms with E-state index in [1.807, 2.05) is 24.3 Å². The Morgan fingerprint density at radius 3 is 2.17 bits per heavy atom. The predicted molar refractivity (Wildman–Crippen MR) is 132 cm³/mol. The van der Waals surface area contributed by atoms with Crippen LogP contribution < -0.4 is 4.74 Å². The molecule has 1 fully saturated rings. The minimum Gasteiger partial charge on any atom is -0.487 e. The van der Waals surface area contributed by atoms with Gasteiger partial charge in [0, 0.05) is 18.6 Å². The lowest BCUT2D eigenvalue weighted by Gasteiger charge is -2.48. The third-order valence-corrected chi connectivity index (χ3v) is 8.83. The van der Waals surface area contributed by atoms with Gasteiger partial charge < -0.3 is 4.74 Å². The average Bonchev–Trinajstić information content (AvgIpc) is 2.77. The standard InChI is InChI=1S/C27H34F3NO3S/c1-25(2,3)31-15-12-26(13-16-31)11-10-23-18-22(8-9-24(23)34-26)21-6-4-20(5-7-21)19-35(32,33)17-14-27(28,29)30/h4-9,18H,10-17,19H2,1-3H3. The number of nitrogens with zero attached hydrogens (tertiary/aromatic N) is 1. The lowest BCUT2D eigenvalue weighted by molar-refractivity contribution is -0.129. The van der Waals surface area contributed by atoms with Crippen molar-refractivity contribution in [3.63, 3.8) is 0 Å². The molecule has 35 heavy (non-hydrogen) atoms. The van der Waals surface area contributed by atoms with Crippen LogP contribution in [0.2, 0.25) is 0 Å². The second-order valence-corrected chi connectivity index (χ2v) is 13.1. The maximum atomic E-state index is 12.4. The predicted octanol–water partition coefficient (Wildman–Crippen LogP) is 6.18. The van der Waals surface area contributed by atoms with Gasteiger partial charge in [0.15, 0.2) is 9.84 Å². The summed E-state index contributed by atoms with van der Waals surface area (Å²) in [5, 5.41) is 0. The van der Waals surface area contributed by atoms with Crippen molar-refractivity contribution in [2.24, 2.45) is 0 Å². The number of hydrogen-bond acceptors (Lipinski definition) is 4. The minimum absolute atomic E-state index is 0.0878. The van der Waals surface area contributed by atoms with Crippen LogP contribution in [0, 0.1) is 0 Å².